The summed E-state index contributed by atoms with van der Waals surface area (Å²) in [6.07, 6.45) is 7.71. The maximum atomic E-state index is 11.6. The summed E-state index contributed by atoms with van der Waals surface area (Å²) < 4.78 is 0. The molecule has 0 aromatic heterocycles. The zero-order chi connectivity index (χ0) is 20.8. The zero-order valence-corrected chi connectivity index (χ0v) is 16.2. The van der Waals surface area contributed by atoms with Gasteiger partial charge in [-0.2, -0.15) is 0 Å². The van der Waals surface area contributed by atoms with Crippen molar-refractivity contribution in [3.05, 3.63) is 30.0 Å². The highest BCUT2D eigenvalue weighted by Gasteiger charge is 2.32. The van der Waals surface area contributed by atoms with Crippen LogP contribution in [0.1, 0.15) is 64.7 Å². The largest absolute Gasteiger partial charge is 0.333 e. The molecule has 0 atom stereocenters. The van der Waals surface area contributed by atoms with Crippen molar-refractivity contribution < 1.29 is 24.0 Å². The number of hydroxylamine groups is 2. The summed E-state index contributed by atoms with van der Waals surface area (Å²) in [6.45, 7) is 5.41. The SMILES string of the molecule is C=C=C(C)/C=C\CC#CNC(=O)CCCCCCC(=O)ON1C(=O)CCC1=O. The van der Waals surface area contributed by atoms with Crippen LogP contribution < -0.4 is 5.32 Å². The Balaban J connectivity index is 2.05. The Morgan fingerprint density at radius 1 is 1.14 bits per heavy atom. The number of hydrogen-bond donors (Lipinski definition) is 1. The molecule has 0 radical (unpaired) electrons. The summed E-state index contributed by atoms with van der Waals surface area (Å²) in [5, 5.41) is 3.09. The molecule has 1 saturated heterocycles. The summed E-state index contributed by atoms with van der Waals surface area (Å²) in [4.78, 5) is 50.7. The van der Waals surface area contributed by atoms with Crippen molar-refractivity contribution in [2.24, 2.45) is 0 Å². The number of carbonyl (C=O) groups is 4. The van der Waals surface area contributed by atoms with Gasteiger partial charge in [0.2, 0.25) is 5.91 Å². The van der Waals surface area contributed by atoms with Gasteiger partial charge in [0, 0.05) is 38.1 Å². The summed E-state index contributed by atoms with van der Waals surface area (Å²) in [6, 6.07) is 2.62. The van der Waals surface area contributed by atoms with Gasteiger partial charge in [-0.25, -0.2) is 4.79 Å². The molecule has 1 N–H and O–H groups in total. The lowest BCUT2D eigenvalue weighted by Gasteiger charge is -2.12. The average Bonchev–Trinajstić information content (AvgIpc) is 2.98. The molecule has 7 nitrogen and oxygen atoms in total. The molecule has 28 heavy (non-hydrogen) atoms. The number of nitrogens with one attached hydrogen (secondary N) is 1. The molecular formula is C21H26N2O5. The first-order chi connectivity index (χ1) is 13.4. The maximum absolute atomic E-state index is 11.6. The average molecular weight is 386 g/mol. The van der Waals surface area contributed by atoms with Crippen molar-refractivity contribution in [2.45, 2.75) is 64.7 Å². The number of rotatable bonds is 10. The van der Waals surface area contributed by atoms with Gasteiger partial charge in [0.25, 0.3) is 11.8 Å². The third-order valence-electron chi connectivity index (χ3n) is 3.89. The molecule has 7 heteroatoms. The monoisotopic (exact) mass is 386 g/mol. The molecule has 0 aromatic carbocycles. The van der Waals surface area contributed by atoms with Crippen molar-refractivity contribution in [3.8, 4) is 12.0 Å². The Bertz CT molecular complexity index is 720. The van der Waals surface area contributed by atoms with E-state index in [1.165, 1.54) is 0 Å². The van der Waals surface area contributed by atoms with E-state index in [2.05, 4.69) is 29.6 Å². The van der Waals surface area contributed by atoms with Crippen LogP contribution in [0.2, 0.25) is 0 Å². The number of unbranched alkanes of at least 4 members (excludes halogenated alkanes) is 3. The maximum Gasteiger partial charge on any atom is 0.333 e. The number of amides is 3. The highest BCUT2D eigenvalue weighted by atomic mass is 16.7. The summed E-state index contributed by atoms with van der Waals surface area (Å²) in [5.41, 5.74) is 3.67. The van der Waals surface area contributed by atoms with Gasteiger partial charge >= 0.3 is 5.97 Å². The van der Waals surface area contributed by atoms with Crippen LogP contribution in [0.15, 0.2) is 30.0 Å². The van der Waals surface area contributed by atoms with Gasteiger partial charge in [0.05, 0.1) is 0 Å². The second kappa shape index (κ2) is 13.1. The zero-order valence-electron chi connectivity index (χ0n) is 16.2. The van der Waals surface area contributed by atoms with Gasteiger partial charge in [-0.3, -0.25) is 19.7 Å². The Labute approximate surface area is 165 Å². The van der Waals surface area contributed by atoms with E-state index in [-0.39, 0.29) is 25.2 Å². The Morgan fingerprint density at radius 3 is 2.43 bits per heavy atom. The summed E-state index contributed by atoms with van der Waals surface area (Å²) in [7, 11) is 0. The minimum Gasteiger partial charge on any atom is -0.330 e. The Hall–Kier alpha value is -3.10. The van der Waals surface area contributed by atoms with E-state index in [1.807, 2.05) is 19.1 Å². The van der Waals surface area contributed by atoms with Crippen molar-refractivity contribution in [1.29, 1.82) is 0 Å². The molecule has 0 bridgehead atoms. The minimum atomic E-state index is -0.593. The third-order valence-corrected chi connectivity index (χ3v) is 3.89. The molecule has 1 heterocycles. The Morgan fingerprint density at radius 2 is 1.79 bits per heavy atom. The van der Waals surface area contributed by atoms with Gasteiger partial charge in [-0.1, -0.05) is 37.5 Å². The third kappa shape index (κ3) is 9.56. The molecule has 3 amide bonds. The predicted octanol–water partition coefficient (Wildman–Crippen LogP) is 2.69. The lowest BCUT2D eigenvalue weighted by Crippen LogP contribution is -2.31. The lowest BCUT2D eigenvalue weighted by molar-refractivity contribution is -0.197. The lowest BCUT2D eigenvalue weighted by atomic mass is 10.1. The van der Waals surface area contributed by atoms with Crippen LogP contribution >= 0.6 is 0 Å². The Kier molecular flexibility index (Phi) is 10.8. The minimum absolute atomic E-state index is 0.0849. The second-order valence-corrected chi connectivity index (χ2v) is 6.28. The molecule has 0 saturated carbocycles. The highest BCUT2D eigenvalue weighted by molar-refractivity contribution is 6.01. The molecule has 1 rings (SSSR count). The van der Waals surface area contributed by atoms with E-state index in [0.717, 1.165) is 18.4 Å². The van der Waals surface area contributed by atoms with Crippen LogP contribution in [0.25, 0.3) is 0 Å². The molecule has 0 spiro atoms. The van der Waals surface area contributed by atoms with E-state index < -0.39 is 17.8 Å². The molecule has 0 aliphatic carbocycles. The fraction of sp³-hybridized carbons (Fsp3) is 0.476. The molecular weight excluding hydrogens is 360 g/mol. The normalized spacial score (nSPS) is 13.1. The first-order valence-corrected chi connectivity index (χ1v) is 9.30. The smallest absolute Gasteiger partial charge is 0.330 e. The molecule has 0 unspecified atom stereocenters. The molecule has 1 fully saturated rings. The fourth-order valence-electron chi connectivity index (χ4n) is 2.29. The van der Waals surface area contributed by atoms with Crippen LogP contribution in [0.3, 0.4) is 0 Å². The quantitative estimate of drug-likeness (QED) is 0.156. The predicted molar refractivity (Wildman–Crippen MR) is 103 cm³/mol. The van der Waals surface area contributed by atoms with Crippen molar-refractivity contribution >= 4 is 23.7 Å². The fourth-order valence-corrected chi connectivity index (χ4v) is 2.29. The van der Waals surface area contributed by atoms with Crippen molar-refractivity contribution in [1.82, 2.24) is 10.4 Å². The van der Waals surface area contributed by atoms with E-state index in [9.17, 15) is 19.2 Å². The van der Waals surface area contributed by atoms with E-state index in [4.69, 9.17) is 4.84 Å². The highest BCUT2D eigenvalue weighted by Crippen LogP contribution is 2.13. The van der Waals surface area contributed by atoms with Crippen LogP contribution in [0.4, 0.5) is 0 Å². The summed E-state index contributed by atoms with van der Waals surface area (Å²) in [5.74, 6) is 1.13. The van der Waals surface area contributed by atoms with Crippen LogP contribution in [-0.2, 0) is 24.0 Å². The molecule has 1 aliphatic rings. The van der Waals surface area contributed by atoms with Crippen LogP contribution in [0.5, 0.6) is 0 Å². The topological polar surface area (TPSA) is 92.8 Å². The first-order valence-electron chi connectivity index (χ1n) is 9.30. The standard InChI is InChI=1S/C21H26N2O5/c1-3-17(2)11-7-6-10-16-22-18(24)12-8-4-5-9-13-21(27)28-23-19(25)14-15-20(23)26/h7,11H,1,4-6,8-9,12-15H2,2H3,(H,22,24)/b11-7-. The number of allylic oxidation sites excluding steroid dienone is 3. The number of hydrogen-bond acceptors (Lipinski definition) is 5. The van der Waals surface area contributed by atoms with Gasteiger partial charge in [0.15, 0.2) is 0 Å². The van der Waals surface area contributed by atoms with E-state index in [1.54, 1.807) is 0 Å². The van der Waals surface area contributed by atoms with Gasteiger partial charge in [-0.05, 0) is 25.3 Å². The van der Waals surface area contributed by atoms with Crippen molar-refractivity contribution in [2.75, 3.05) is 0 Å². The van der Waals surface area contributed by atoms with Gasteiger partial charge < -0.3 is 4.84 Å². The van der Waals surface area contributed by atoms with Gasteiger partial charge in [-0.15, -0.1) is 10.8 Å². The van der Waals surface area contributed by atoms with E-state index in [0.29, 0.717) is 30.7 Å². The van der Waals surface area contributed by atoms with Gasteiger partial charge in [0.1, 0.15) is 0 Å². The van der Waals surface area contributed by atoms with Crippen LogP contribution in [0, 0.1) is 12.0 Å². The van der Waals surface area contributed by atoms with E-state index >= 15 is 0 Å². The number of carbonyl (C=O) groups excluding carboxylic acids is 4. The van der Waals surface area contributed by atoms with Crippen LogP contribution in [-0.4, -0.2) is 28.8 Å². The summed E-state index contributed by atoms with van der Waals surface area (Å²) >= 11 is 0. The number of imide groups is 1. The molecule has 0 aromatic rings. The second-order valence-electron chi connectivity index (χ2n) is 6.28. The number of nitrogens with zero attached hydrogens (tertiary/aromatic N) is 1. The molecule has 150 valence electrons. The molecule has 1 aliphatic heterocycles. The van der Waals surface area contributed by atoms with Crippen molar-refractivity contribution in [3.63, 3.8) is 0 Å². The first kappa shape index (κ1) is 22.9.